The standard InChI is InChI=1S/C77H132NO8P/c1-3-5-7-9-11-13-15-17-19-21-23-25-27-29-31-32-33-34-35-36-37-38-39-40-41-42-44-46-48-50-52-54-56-58-60-62-64-66-68-70-77(80)86-75(74-85-87(81,82)84-72-71-78)73-83-76(79)69-67-65-63-61-59-57-55-53-51-49-47-45-43-30-28-26-24-22-20-18-16-14-12-10-8-6-4-2/h5,7,11,13,17,19,22-25,29,31,33-34,36-37,39-40,42,44,48,50,75H,3-4,6,8-10,12,14-16,18,20-21,26-28,30,32,35,38,41,43,45-47,49,51-74,78H2,1-2H3,(H,81,82)/b7-5-,13-11-,19-17-,24-22-,25-23-,31-29-,34-33-,37-36-,40-39-,44-42-,50-48-. The summed E-state index contributed by atoms with van der Waals surface area (Å²) >= 11 is 0. The van der Waals surface area contributed by atoms with E-state index < -0.39 is 26.5 Å². The summed E-state index contributed by atoms with van der Waals surface area (Å²) in [6.45, 7) is 3.64. The van der Waals surface area contributed by atoms with Crippen molar-refractivity contribution >= 4 is 19.8 Å². The summed E-state index contributed by atoms with van der Waals surface area (Å²) in [7, 11) is -4.40. The van der Waals surface area contributed by atoms with Crippen molar-refractivity contribution in [1.82, 2.24) is 0 Å². The van der Waals surface area contributed by atoms with E-state index in [0.717, 1.165) is 109 Å². The lowest BCUT2D eigenvalue weighted by Gasteiger charge is -2.19. The molecule has 3 N–H and O–H groups in total. The minimum Gasteiger partial charge on any atom is -0.462 e. The van der Waals surface area contributed by atoms with Gasteiger partial charge in [-0.3, -0.25) is 18.6 Å². The van der Waals surface area contributed by atoms with Crippen LogP contribution in [0.25, 0.3) is 0 Å². The molecule has 0 saturated heterocycles. The number of phosphoric ester groups is 1. The molecule has 0 bridgehead atoms. The molecule has 9 nitrogen and oxygen atoms in total. The Hall–Kier alpha value is -3.85. The van der Waals surface area contributed by atoms with Crippen LogP contribution in [0.15, 0.2) is 134 Å². The molecule has 0 saturated carbocycles. The fraction of sp³-hybridized carbons (Fsp3) is 0.688. The number of hydrogen-bond acceptors (Lipinski definition) is 8. The Morgan fingerprint density at radius 2 is 0.632 bits per heavy atom. The molecule has 2 unspecified atom stereocenters. The van der Waals surface area contributed by atoms with Gasteiger partial charge in [-0.15, -0.1) is 0 Å². The molecule has 0 aliphatic carbocycles. The molecule has 0 spiro atoms. The van der Waals surface area contributed by atoms with Gasteiger partial charge in [0.25, 0.3) is 0 Å². The van der Waals surface area contributed by atoms with Crippen LogP contribution in [0.3, 0.4) is 0 Å². The number of hydrogen-bond donors (Lipinski definition) is 2. The Morgan fingerprint density at radius 3 is 0.954 bits per heavy atom. The van der Waals surface area contributed by atoms with Gasteiger partial charge >= 0.3 is 19.8 Å². The maximum Gasteiger partial charge on any atom is 0.472 e. The lowest BCUT2D eigenvalue weighted by molar-refractivity contribution is -0.161. The first-order valence-electron chi connectivity index (χ1n) is 35.7. The molecule has 498 valence electrons. The predicted octanol–water partition coefficient (Wildman–Crippen LogP) is 23.6. The van der Waals surface area contributed by atoms with Gasteiger partial charge in [-0.25, -0.2) is 4.57 Å². The predicted molar refractivity (Wildman–Crippen MR) is 376 cm³/mol. The second-order valence-corrected chi connectivity index (χ2v) is 24.8. The molecule has 0 aromatic rings. The van der Waals surface area contributed by atoms with E-state index in [1.807, 2.05) is 0 Å². The summed E-state index contributed by atoms with van der Waals surface area (Å²) in [5.74, 6) is -0.835. The SMILES string of the molecule is CC/C=C\C/C=C\C/C=C\C/C=C\C/C=C\C/C=C\C/C=C\C/C=C\C/C=C\C/C=C\CCCCCCCCCCC(=O)OC(COC(=O)CCCCCCCCCCCCCCCCC/C=C\CCCCCCCCCC)COP(=O)(O)OCCN. The largest absolute Gasteiger partial charge is 0.472 e. The molecule has 0 aliphatic rings. The third kappa shape index (κ3) is 71.1. The molecule has 0 aromatic heterocycles. The summed E-state index contributed by atoms with van der Waals surface area (Å²) in [5, 5.41) is 0. The number of phosphoric acid groups is 1. The van der Waals surface area contributed by atoms with Crippen molar-refractivity contribution < 1.29 is 37.6 Å². The Morgan fingerprint density at radius 1 is 0.356 bits per heavy atom. The van der Waals surface area contributed by atoms with Crippen molar-refractivity contribution in [2.75, 3.05) is 26.4 Å². The van der Waals surface area contributed by atoms with Crippen molar-refractivity contribution in [3.8, 4) is 0 Å². The topological polar surface area (TPSA) is 134 Å². The van der Waals surface area contributed by atoms with E-state index >= 15 is 0 Å². The van der Waals surface area contributed by atoms with Gasteiger partial charge in [0.1, 0.15) is 6.61 Å². The zero-order valence-corrected chi connectivity index (χ0v) is 56.9. The summed E-state index contributed by atoms with van der Waals surface area (Å²) in [6.07, 6.45) is 101. The molecule has 0 fully saturated rings. The Balaban J connectivity index is 3.95. The maximum atomic E-state index is 12.8. The molecule has 10 heteroatoms. The van der Waals surface area contributed by atoms with Gasteiger partial charge in [-0.05, 0) is 116 Å². The second kappa shape index (κ2) is 71.2. The third-order valence-corrected chi connectivity index (χ3v) is 16.0. The molecule has 0 heterocycles. The van der Waals surface area contributed by atoms with Gasteiger partial charge in [0.15, 0.2) is 6.10 Å². The van der Waals surface area contributed by atoms with E-state index in [4.69, 9.17) is 24.3 Å². The van der Waals surface area contributed by atoms with Crippen LogP contribution in [0.5, 0.6) is 0 Å². The lowest BCUT2D eigenvalue weighted by atomic mass is 10.0. The average Bonchev–Trinajstić information content (AvgIpc) is 3.64. The van der Waals surface area contributed by atoms with Crippen molar-refractivity contribution in [1.29, 1.82) is 0 Å². The van der Waals surface area contributed by atoms with E-state index in [1.54, 1.807) is 0 Å². The van der Waals surface area contributed by atoms with Gasteiger partial charge in [0.2, 0.25) is 0 Å². The quantitative estimate of drug-likeness (QED) is 0.0264. The lowest BCUT2D eigenvalue weighted by Crippen LogP contribution is -2.29. The minimum atomic E-state index is -4.40. The van der Waals surface area contributed by atoms with Crippen LogP contribution in [0, 0.1) is 0 Å². The van der Waals surface area contributed by atoms with Crippen molar-refractivity contribution in [2.45, 2.75) is 315 Å². The summed E-state index contributed by atoms with van der Waals surface area (Å²) in [4.78, 5) is 35.4. The normalized spacial score (nSPS) is 13.7. The van der Waals surface area contributed by atoms with Crippen LogP contribution in [-0.4, -0.2) is 49.3 Å². The molecular weight excluding hydrogens is 1100 g/mol. The molecule has 2 atom stereocenters. The highest BCUT2D eigenvalue weighted by molar-refractivity contribution is 7.47. The van der Waals surface area contributed by atoms with Gasteiger partial charge in [-0.1, -0.05) is 314 Å². The minimum absolute atomic E-state index is 0.0470. The number of allylic oxidation sites excluding steroid dienone is 22. The number of esters is 2. The van der Waals surface area contributed by atoms with Gasteiger partial charge in [-0.2, -0.15) is 0 Å². The van der Waals surface area contributed by atoms with Crippen molar-refractivity contribution in [3.63, 3.8) is 0 Å². The van der Waals surface area contributed by atoms with E-state index in [2.05, 4.69) is 148 Å². The number of unbranched alkanes of at least 4 members (excludes halogenated alkanes) is 31. The van der Waals surface area contributed by atoms with Crippen LogP contribution in [-0.2, 0) is 32.7 Å². The molecule has 0 aliphatic heterocycles. The highest BCUT2D eigenvalue weighted by Gasteiger charge is 2.26. The molecular formula is C77H132NO8P. The van der Waals surface area contributed by atoms with Crippen molar-refractivity contribution in [2.24, 2.45) is 5.73 Å². The number of carbonyl (C=O) groups excluding carboxylic acids is 2. The van der Waals surface area contributed by atoms with Gasteiger partial charge in [0.05, 0.1) is 13.2 Å². The number of rotatable bonds is 66. The van der Waals surface area contributed by atoms with Crippen LogP contribution >= 0.6 is 7.82 Å². The first kappa shape index (κ1) is 83.2. The number of ether oxygens (including phenoxy) is 2. The molecule has 0 amide bonds. The Labute approximate surface area is 535 Å². The number of nitrogens with two attached hydrogens (primary N) is 1. The van der Waals surface area contributed by atoms with Crippen molar-refractivity contribution in [3.05, 3.63) is 134 Å². The molecule has 0 aromatic carbocycles. The van der Waals surface area contributed by atoms with Crippen LogP contribution in [0.2, 0.25) is 0 Å². The zero-order valence-electron chi connectivity index (χ0n) is 56.0. The monoisotopic (exact) mass is 1230 g/mol. The maximum absolute atomic E-state index is 12.8. The highest BCUT2D eigenvalue weighted by atomic mass is 31.2. The third-order valence-electron chi connectivity index (χ3n) is 15.0. The van der Waals surface area contributed by atoms with E-state index in [0.29, 0.717) is 6.42 Å². The summed E-state index contributed by atoms with van der Waals surface area (Å²) < 4.78 is 33.2. The highest BCUT2D eigenvalue weighted by Crippen LogP contribution is 2.43. The summed E-state index contributed by atoms with van der Waals surface area (Å²) in [6, 6.07) is 0. The first-order valence-corrected chi connectivity index (χ1v) is 37.2. The average molecular weight is 1230 g/mol. The van der Waals surface area contributed by atoms with Gasteiger partial charge < -0.3 is 20.1 Å². The molecule has 0 radical (unpaired) electrons. The Bertz CT molecular complexity index is 1890. The first-order chi connectivity index (χ1) is 42.8. The van der Waals surface area contributed by atoms with E-state index in [9.17, 15) is 19.0 Å². The van der Waals surface area contributed by atoms with E-state index in [1.165, 1.54) is 167 Å². The molecule has 87 heavy (non-hydrogen) atoms. The zero-order chi connectivity index (χ0) is 63.0. The van der Waals surface area contributed by atoms with E-state index in [-0.39, 0.29) is 38.6 Å². The fourth-order valence-corrected chi connectivity index (χ4v) is 10.5. The van der Waals surface area contributed by atoms with Gasteiger partial charge in [0, 0.05) is 19.4 Å². The van der Waals surface area contributed by atoms with Crippen LogP contribution in [0.1, 0.15) is 309 Å². The summed E-state index contributed by atoms with van der Waals surface area (Å²) in [5.41, 5.74) is 5.40. The fourth-order valence-electron chi connectivity index (χ4n) is 9.78. The van der Waals surface area contributed by atoms with Crippen LogP contribution in [0.4, 0.5) is 0 Å². The number of carbonyl (C=O) groups is 2. The molecule has 0 rings (SSSR count). The second-order valence-electron chi connectivity index (χ2n) is 23.4. The Kier molecular flexibility index (Phi) is 68.1. The smallest absolute Gasteiger partial charge is 0.462 e. The van der Waals surface area contributed by atoms with Crippen LogP contribution < -0.4 is 5.73 Å².